The van der Waals surface area contributed by atoms with Gasteiger partial charge < -0.3 is 16.8 Å². The van der Waals surface area contributed by atoms with Gasteiger partial charge in [-0.1, -0.05) is 23.9 Å². The lowest BCUT2D eigenvalue weighted by Gasteiger charge is -2.21. The number of rotatable bonds is 0. The largest absolute Gasteiger partial charge is 0.397 e. The fourth-order valence-corrected chi connectivity index (χ4v) is 2.74. The van der Waals surface area contributed by atoms with Crippen LogP contribution in [0, 0.1) is 0 Å². The van der Waals surface area contributed by atoms with E-state index in [2.05, 4.69) is 17.4 Å². The van der Waals surface area contributed by atoms with Gasteiger partial charge in [0, 0.05) is 9.79 Å². The molecular weight excluding hydrogens is 218 g/mol. The summed E-state index contributed by atoms with van der Waals surface area (Å²) in [5.74, 6) is 0. The molecule has 0 spiro atoms. The van der Waals surface area contributed by atoms with Crippen molar-refractivity contribution in [2.45, 2.75) is 9.79 Å². The molecule has 0 amide bonds. The molecule has 0 saturated heterocycles. The molecule has 2 aromatic carbocycles. The van der Waals surface area contributed by atoms with Gasteiger partial charge in [-0.05, 0) is 24.3 Å². The van der Waals surface area contributed by atoms with Crippen molar-refractivity contribution in [1.29, 1.82) is 0 Å². The normalized spacial score (nSPS) is 12.5. The third kappa shape index (κ3) is 1.39. The maximum atomic E-state index is 5.80. The van der Waals surface area contributed by atoms with Crippen LogP contribution in [0.2, 0.25) is 0 Å². The first-order valence-electron chi connectivity index (χ1n) is 4.97. The van der Waals surface area contributed by atoms with Gasteiger partial charge in [-0.25, -0.2) is 0 Å². The third-order valence-corrected chi connectivity index (χ3v) is 3.70. The Bertz CT molecular complexity index is 516. The van der Waals surface area contributed by atoms with E-state index in [-0.39, 0.29) is 0 Å². The SMILES string of the molecule is Nc1cc2c(cc1N)Sc1ccccc1N2. The molecule has 80 valence electrons. The van der Waals surface area contributed by atoms with Crippen molar-refractivity contribution in [3.05, 3.63) is 36.4 Å². The number of nitrogens with two attached hydrogens (primary N) is 2. The maximum Gasteiger partial charge on any atom is 0.0569 e. The predicted molar refractivity (Wildman–Crippen MR) is 69.1 cm³/mol. The Kier molecular flexibility index (Phi) is 1.97. The Morgan fingerprint density at radius 2 is 1.62 bits per heavy atom. The number of para-hydroxylation sites is 1. The zero-order valence-corrected chi connectivity index (χ0v) is 9.34. The Morgan fingerprint density at radius 3 is 2.50 bits per heavy atom. The molecule has 1 aliphatic heterocycles. The van der Waals surface area contributed by atoms with E-state index >= 15 is 0 Å². The number of hydrogen-bond acceptors (Lipinski definition) is 4. The summed E-state index contributed by atoms with van der Waals surface area (Å²) in [6.45, 7) is 0. The van der Waals surface area contributed by atoms with Gasteiger partial charge in [0.15, 0.2) is 0 Å². The van der Waals surface area contributed by atoms with Crippen molar-refractivity contribution in [2.24, 2.45) is 0 Å². The molecule has 0 unspecified atom stereocenters. The lowest BCUT2D eigenvalue weighted by Crippen LogP contribution is -2.02. The minimum absolute atomic E-state index is 0.617. The average molecular weight is 229 g/mol. The number of nitrogens with one attached hydrogen (secondary N) is 1. The second-order valence-corrected chi connectivity index (χ2v) is 4.78. The molecule has 3 nitrogen and oxygen atoms in total. The summed E-state index contributed by atoms with van der Waals surface area (Å²) in [4.78, 5) is 2.32. The summed E-state index contributed by atoms with van der Waals surface area (Å²) in [5.41, 5.74) is 15.0. The zero-order chi connectivity index (χ0) is 11.1. The van der Waals surface area contributed by atoms with Crippen LogP contribution in [0.3, 0.4) is 0 Å². The Morgan fingerprint density at radius 1 is 0.875 bits per heavy atom. The first-order chi connectivity index (χ1) is 7.74. The molecule has 1 aliphatic rings. The summed E-state index contributed by atoms with van der Waals surface area (Å²) in [5, 5.41) is 3.35. The number of anilines is 4. The minimum Gasteiger partial charge on any atom is -0.397 e. The van der Waals surface area contributed by atoms with Crippen LogP contribution in [0.4, 0.5) is 22.7 Å². The fourth-order valence-electron chi connectivity index (χ4n) is 1.72. The Hall–Kier alpha value is -1.81. The van der Waals surface area contributed by atoms with Crippen molar-refractivity contribution in [1.82, 2.24) is 0 Å². The van der Waals surface area contributed by atoms with E-state index in [1.807, 2.05) is 24.3 Å². The van der Waals surface area contributed by atoms with Gasteiger partial charge in [-0.15, -0.1) is 0 Å². The molecule has 0 aromatic heterocycles. The Labute approximate surface area is 97.8 Å². The number of hydrogen-bond donors (Lipinski definition) is 3. The highest BCUT2D eigenvalue weighted by molar-refractivity contribution is 7.99. The van der Waals surface area contributed by atoms with Crippen molar-refractivity contribution < 1.29 is 0 Å². The van der Waals surface area contributed by atoms with E-state index in [4.69, 9.17) is 11.5 Å². The van der Waals surface area contributed by atoms with Crippen LogP contribution in [0.1, 0.15) is 0 Å². The van der Waals surface area contributed by atoms with Crippen LogP contribution in [0.25, 0.3) is 0 Å². The van der Waals surface area contributed by atoms with Gasteiger partial charge in [0.25, 0.3) is 0 Å². The molecule has 0 radical (unpaired) electrons. The standard InChI is InChI=1S/C12H11N3S/c13-7-5-10-12(6-8(7)14)16-11-4-2-1-3-9(11)15-10/h1-6,15H,13-14H2. The summed E-state index contributed by atoms with van der Waals surface area (Å²) >= 11 is 1.71. The molecule has 0 saturated carbocycles. The van der Waals surface area contributed by atoms with Gasteiger partial charge in [-0.3, -0.25) is 0 Å². The Balaban J connectivity index is 2.12. The zero-order valence-electron chi connectivity index (χ0n) is 8.53. The van der Waals surface area contributed by atoms with Crippen LogP contribution < -0.4 is 16.8 Å². The van der Waals surface area contributed by atoms with E-state index in [1.165, 1.54) is 4.90 Å². The third-order valence-electron chi connectivity index (χ3n) is 2.56. The number of benzene rings is 2. The molecule has 5 N–H and O–H groups in total. The van der Waals surface area contributed by atoms with Crippen LogP contribution in [0.15, 0.2) is 46.2 Å². The van der Waals surface area contributed by atoms with Gasteiger partial charge >= 0.3 is 0 Å². The van der Waals surface area contributed by atoms with Crippen LogP contribution in [0.5, 0.6) is 0 Å². The van der Waals surface area contributed by atoms with Crippen LogP contribution >= 0.6 is 11.8 Å². The molecular formula is C12H11N3S. The highest BCUT2D eigenvalue weighted by Crippen LogP contribution is 2.45. The molecule has 0 fully saturated rings. The second-order valence-electron chi connectivity index (χ2n) is 3.70. The quantitative estimate of drug-likeness (QED) is 0.518. The number of nitrogen functional groups attached to an aromatic ring is 2. The van der Waals surface area contributed by atoms with E-state index in [9.17, 15) is 0 Å². The molecule has 0 atom stereocenters. The molecule has 3 rings (SSSR count). The lowest BCUT2D eigenvalue weighted by molar-refractivity contribution is 1.32. The summed E-state index contributed by atoms with van der Waals surface area (Å²) in [6.07, 6.45) is 0. The van der Waals surface area contributed by atoms with Crippen LogP contribution in [-0.2, 0) is 0 Å². The molecule has 2 aromatic rings. The van der Waals surface area contributed by atoms with Crippen molar-refractivity contribution >= 4 is 34.5 Å². The van der Waals surface area contributed by atoms with E-state index in [1.54, 1.807) is 11.8 Å². The molecule has 0 aliphatic carbocycles. The average Bonchev–Trinajstić information content (AvgIpc) is 2.28. The number of fused-ring (bicyclic) bond motifs is 2. The minimum atomic E-state index is 0.617. The summed E-state index contributed by atoms with van der Waals surface area (Å²) in [6, 6.07) is 12.0. The van der Waals surface area contributed by atoms with Gasteiger partial charge in [0.1, 0.15) is 0 Å². The highest BCUT2D eigenvalue weighted by atomic mass is 32.2. The molecule has 4 heteroatoms. The van der Waals surface area contributed by atoms with Gasteiger partial charge in [0.05, 0.1) is 22.7 Å². The first-order valence-corrected chi connectivity index (χ1v) is 5.78. The van der Waals surface area contributed by atoms with Crippen LogP contribution in [-0.4, -0.2) is 0 Å². The monoisotopic (exact) mass is 229 g/mol. The van der Waals surface area contributed by atoms with Gasteiger partial charge in [-0.2, -0.15) is 0 Å². The van der Waals surface area contributed by atoms with E-state index in [0.29, 0.717) is 11.4 Å². The topological polar surface area (TPSA) is 64.1 Å². The fraction of sp³-hybridized carbons (Fsp3) is 0. The van der Waals surface area contributed by atoms with Gasteiger partial charge in [0.2, 0.25) is 0 Å². The van der Waals surface area contributed by atoms with E-state index < -0.39 is 0 Å². The maximum absolute atomic E-state index is 5.80. The smallest absolute Gasteiger partial charge is 0.0569 e. The van der Waals surface area contributed by atoms with Crippen molar-refractivity contribution in [3.8, 4) is 0 Å². The molecule has 16 heavy (non-hydrogen) atoms. The summed E-state index contributed by atoms with van der Waals surface area (Å²) in [7, 11) is 0. The van der Waals surface area contributed by atoms with Crippen molar-refractivity contribution in [2.75, 3.05) is 16.8 Å². The van der Waals surface area contributed by atoms with E-state index in [0.717, 1.165) is 16.3 Å². The molecule has 0 bridgehead atoms. The van der Waals surface area contributed by atoms with Crippen molar-refractivity contribution in [3.63, 3.8) is 0 Å². The highest BCUT2D eigenvalue weighted by Gasteiger charge is 2.16. The lowest BCUT2D eigenvalue weighted by atomic mass is 10.2. The molecule has 1 heterocycles. The summed E-state index contributed by atoms with van der Waals surface area (Å²) < 4.78 is 0. The first kappa shape index (κ1) is 9.42. The second kappa shape index (κ2) is 3.35. The predicted octanol–water partition coefficient (Wildman–Crippen LogP) is 3.06.